The van der Waals surface area contributed by atoms with E-state index in [0.717, 1.165) is 12.1 Å². The van der Waals surface area contributed by atoms with E-state index in [-0.39, 0.29) is 11.3 Å². The van der Waals surface area contributed by atoms with E-state index < -0.39 is 27.5 Å². The zero-order valence-electron chi connectivity index (χ0n) is 11.1. The Morgan fingerprint density at radius 2 is 1.82 bits per heavy atom. The van der Waals surface area contributed by atoms with Crippen molar-refractivity contribution in [1.82, 2.24) is 5.32 Å². The van der Waals surface area contributed by atoms with Gasteiger partial charge in [0.2, 0.25) is 3.79 Å². The average molecular weight is 363 g/mol. The summed E-state index contributed by atoms with van der Waals surface area (Å²) in [4.78, 5) is 24.1. The van der Waals surface area contributed by atoms with Gasteiger partial charge in [-0.1, -0.05) is 53.0 Å². The van der Waals surface area contributed by atoms with E-state index in [1.54, 1.807) is 18.2 Å². The van der Waals surface area contributed by atoms with Crippen LogP contribution in [0.3, 0.4) is 0 Å². The van der Waals surface area contributed by atoms with Gasteiger partial charge in [-0.3, -0.25) is 9.59 Å². The fraction of sp³-hybridized carbons (Fsp3) is 0.200. The minimum Gasteiger partial charge on any atom is -0.344 e. The lowest BCUT2D eigenvalue weighted by atomic mass is 9.92. The molecule has 2 rings (SSSR count). The fourth-order valence-electron chi connectivity index (χ4n) is 2.02. The SMILES string of the molecule is O=C(NC(C1C=CC=CC1=O)C(Cl)(Cl)Cl)c1ccc(F)cc1. The first-order valence-corrected chi connectivity index (χ1v) is 7.44. The topological polar surface area (TPSA) is 46.2 Å². The quantitative estimate of drug-likeness (QED) is 0.835. The number of carbonyl (C=O) groups excluding carboxylic acids is 2. The molecule has 22 heavy (non-hydrogen) atoms. The molecule has 0 fully saturated rings. The zero-order chi connectivity index (χ0) is 16.3. The van der Waals surface area contributed by atoms with Gasteiger partial charge >= 0.3 is 0 Å². The third-order valence-corrected chi connectivity index (χ3v) is 3.83. The summed E-state index contributed by atoms with van der Waals surface area (Å²) in [5.74, 6) is -2.10. The summed E-state index contributed by atoms with van der Waals surface area (Å²) in [6.45, 7) is 0. The van der Waals surface area contributed by atoms with Gasteiger partial charge < -0.3 is 5.32 Å². The standard InChI is InChI=1S/C15H11Cl3FNO2/c16-15(17,18)13(11-3-1-2-4-12(11)21)20-14(22)9-5-7-10(19)8-6-9/h1-8,11,13H,(H,20,22). The molecule has 116 valence electrons. The number of hydrogen-bond acceptors (Lipinski definition) is 2. The van der Waals surface area contributed by atoms with E-state index >= 15 is 0 Å². The number of ketones is 1. The number of halogens is 4. The third-order valence-electron chi connectivity index (χ3n) is 3.12. The molecule has 2 unspecified atom stereocenters. The molecule has 0 saturated carbocycles. The molecule has 3 nitrogen and oxygen atoms in total. The van der Waals surface area contributed by atoms with Gasteiger partial charge in [-0.15, -0.1) is 0 Å². The molecule has 1 aliphatic rings. The molecule has 0 heterocycles. The van der Waals surface area contributed by atoms with Gasteiger partial charge in [0.1, 0.15) is 5.82 Å². The van der Waals surface area contributed by atoms with Crippen LogP contribution in [0.15, 0.2) is 48.6 Å². The summed E-state index contributed by atoms with van der Waals surface area (Å²) < 4.78 is 11.0. The lowest BCUT2D eigenvalue weighted by Gasteiger charge is -2.30. The Bertz CT molecular complexity index is 635. The molecule has 1 aliphatic carbocycles. The highest BCUT2D eigenvalue weighted by atomic mass is 35.6. The second-order valence-electron chi connectivity index (χ2n) is 4.67. The molecule has 1 aromatic carbocycles. The Balaban J connectivity index is 2.22. The first kappa shape index (κ1) is 17.0. The lowest BCUT2D eigenvalue weighted by Crippen LogP contribution is -2.50. The number of benzene rings is 1. The molecular formula is C15H11Cl3FNO2. The second kappa shape index (κ2) is 6.82. The van der Waals surface area contributed by atoms with Gasteiger partial charge in [0.15, 0.2) is 5.78 Å². The van der Waals surface area contributed by atoms with E-state index in [1.165, 1.54) is 18.2 Å². The molecule has 0 spiro atoms. The molecule has 0 aromatic heterocycles. The fourth-order valence-corrected chi connectivity index (χ4v) is 2.59. The first-order valence-electron chi connectivity index (χ1n) is 6.31. The molecule has 7 heteroatoms. The third kappa shape index (κ3) is 4.09. The van der Waals surface area contributed by atoms with Gasteiger partial charge in [0.05, 0.1) is 12.0 Å². The van der Waals surface area contributed by atoms with Crippen molar-refractivity contribution >= 4 is 46.5 Å². The Labute approximate surface area is 141 Å². The van der Waals surface area contributed by atoms with Crippen LogP contribution in [0.25, 0.3) is 0 Å². The number of allylic oxidation sites excluding steroid dienone is 3. The Morgan fingerprint density at radius 3 is 2.36 bits per heavy atom. The van der Waals surface area contributed by atoms with Crippen LogP contribution in [-0.4, -0.2) is 21.5 Å². The van der Waals surface area contributed by atoms with E-state index in [0.29, 0.717) is 0 Å². The van der Waals surface area contributed by atoms with Gasteiger partial charge in [0, 0.05) is 5.56 Å². The van der Waals surface area contributed by atoms with Crippen molar-refractivity contribution in [3.8, 4) is 0 Å². The Kier molecular flexibility index (Phi) is 5.27. The van der Waals surface area contributed by atoms with Gasteiger partial charge in [-0.2, -0.15) is 0 Å². The summed E-state index contributed by atoms with van der Waals surface area (Å²) in [7, 11) is 0. The number of amides is 1. The highest BCUT2D eigenvalue weighted by molar-refractivity contribution is 6.68. The number of hydrogen-bond donors (Lipinski definition) is 1. The van der Waals surface area contributed by atoms with Crippen molar-refractivity contribution < 1.29 is 14.0 Å². The van der Waals surface area contributed by atoms with E-state index in [9.17, 15) is 14.0 Å². The van der Waals surface area contributed by atoms with Crippen LogP contribution in [0.1, 0.15) is 10.4 Å². The molecule has 1 amide bonds. The lowest BCUT2D eigenvalue weighted by molar-refractivity contribution is -0.117. The molecule has 0 aliphatic heterocycles. The molecular weight excluding hydrogens is 352 g/mol. The minimum atomic E-state index is -1.88. The van der Waals surface area contributed by atoms with Crippen LogP contribution in [0.5, 0.6) is 0 Å². The van der Waals surface area contributed by atoms with Gasteiger partial charge in [-0.05, 0) is 30.3 Å². The number of rotatable bonds is 3. The largest absolute Gasteiger partial charge is 0.344 e. The van der Waals surface area contributed by atoms with Gasteiger partial charge in [-0.25, -0.2) is 4.39 Å². The van der Waals surface area contributed by atoms with Crippen LogP contribution in [0.4, 0.5) is 4.39 Å². The van der Waals surface area contributed by atoms with E-state index in [1.807, 2.05) is 0 Å². The van der Waals surface area contributed by atoms with Crippen LogP contribution in [0.2, 0.25) is 0 Å². The smallest absolute Gasteiger partial charge is 0.251 e. The monoisotopic (exact) mass is 361 g/mol. The second-order valence-corrected chi connectivity index (χ2v) is 7.04. The van der Waals surface area contributed by atoms with Crippen LogP contribution >= 0.6 is 34.8 Å². The summed E-state index contributed by atoms with van der Waals surface area (Å²) in [5, 5.41) is 2.53. The molecule has 1 aromatic rings. The van der Waals surface area contributed by atoms with Crippen molar-refractivity contribution in [2.75, 3.05) is 0 Å². The molecule has 2 atom stereocenters. The maximum Gasteiger partial charge on any atom is 0.251 e. The Morgan fingerprint density at radius 1 is 1.18 bits per heavy atom. The average Bonchev–Trinajstić information content (AvgIpc) is 2.45. The first-order chi connectivity index (χ1) is 10.3. The molecule has 0 saturated heterocycles. The van der Waals surface area contributed by atoms with E-state index in [4.69, 9.17) is 34.8 Å². The maximum absolute atomic E-state index is 12.9. The molecule has 0 bridgehead atoms. The highest BCUT2D eigenvalue weighted by Gasteiger charge is 2.41. The number of nitrogens with one attached hydrogen (secondary N) is 1. The normalized spacial score (nSPS) is 19.1. The maximum atomic E-state index is 12.9. The minimum absolute atomic E-state index is 0.198. The van der Waals surface area contributed by atoms with Crippen molar-refractivity contribution in [2.24, 2.45) is 5.92 Å². The molecule has 0 radical (unpaired) electrons. The number of carbonyl (C=O) groups is 2. The summed E-state index contributed by atoms with van der Waals surface area (Å²) in [6.07, 6.45) is 6.10. The number of alkyl halides is 3. The predicted molar refractivity (Wildman–Crippen MR) is 84.7 cm³/mol. The van der Waals surface area contributed by atoms with Gasteiger partial charge in [0.25, 0.3) is 5.91 Å². The van der Waals surface area contributed by atoms with Crippen molar-refractivity contribution in [3.05, 3.63) is 60.0 Å². The summed E-state index contributed by atoms with van der Waals surface area (Å²) in [5.41, 5.74) is 0.198. The Hall–Kier alpha value is -1.36. The highest BCUT2D eigenvalue weighted by Crippen LogP contribution is 2.36. The van der Waals surface area contributed by atoms with E-state index in [2.05, 4.69) is 5.32 Å². The summed E-state index contributed by atoms with van der Waals surface area (Å²) in [6, 6.07) is 3.85. The van der Waals surface area contributed by atoms with Crippen molar-refractivity contribution in [1.29, 1.82) is 0 Å². The molecule has 1 N–H and O–H groups in total. The zero-order valence-corrected chi connectivity index (χ0v) is 13.4. The predicted octanol–water partition coefficient (Wildman–Crippen LogP) is 3.61. The van der Waals surface area contributed by atoms with Crippen LogP contribution in [-0.2, 0) is 4.79 Å². The summed E-state index contributed by atoms with van der Waals surface area (Å²) >= 11 is 17.7. The van der Waals surface area contributed by atoms with Crippen molar-refractivity contribution in [3.63, 3.8) is 0 Å². The van der Waals surface area contributed by atoms with Crippen LogP contribution in [0, 0.1) is 11.7 Å². The van der Waals surface area contributed by atoms with Crippen molar-refractivity contribution in [2.45, 2.75) is 9.83 Å². The van der Waals surface area contributed by atoms with Crippen LogP contribution < -0.4 is 5.32 Å².